The second-order valence-electron chi connectivity index (χ2n) is 6.87. The van der Waals surface area contributed by atoms with Crippen LogP contribution in [0.15, 0.2) is 42.5 Å². The van der Waals surface area contributed by atoms with Crippen molar-refractivity contribution in [2.45, 2.75) is 38.8 Å². The molecule has 0 bridgehead atoms. The van der Waals surface area contributed by atoms with Crippen LogP contribution in [-0.2, 0) is 11.2 Å². The number of benzene rings is 2. The standard InChI is InChI=1S/C22H28ClN3O3/c1-3-28-20-10-5-15(13-21(20)29-4-2)11-12-24-22(27)19-14-18(25-26-19)16-6-8-17(23)9-7-16/h5-10,13,18-19,25-26H,3-4,11-12,14H2,1-2H3,(H,24,27). The number of nitrogens with one attached hydrogen (secondary N) is 3. The lowest BCUT2D eigenvalue weighted by atomic mass is 10.0. The van der Waals surface area contributed by atoms with E-state index in [1.807, 2.05) is 56.3 Å². The van der Waals surface area contributed by atoms with Crippen molar-refractivity contribution < 1.29 is 14.3 Å². The molecule has 2 unspecified atom stereocenters. The van der Waals surface area contributed by atoms with Crippen molar-refractivity contribution in [3.63, 3.8) is 0 Å². The third-order valence-electron chi connectivity index (χ3n) is 4.81. The summed E-state index contributed by atoms with van der Waals surface area (Å²) >= 11 is 5.94. The predicted octanol–water partition coefficient (Wildman–Crippen LogP) is 3.40. The molecule has 3 N–H and O–H groups in total. The molecule has 29 heavy (non-hydrogen) atoms. The summed E-state index contributed by atoms with van der Waals surface area (Å²) in [5.74, 6) is 1.48. The number of carbonyl (C=O) groups is 1. The Balaban J connectivity index is 1.48. The van der Waals surface area contributed by atoms with Crippen molar-refractivity contribution >= 4 is 17.5 Å². The lowest BCUT2D eigenvalue weighted by Crippen LogP contribution is -2.43. The average Bonchev–Trinajstić information content (AvgIpc) is 3.21. The first kappa shape index (κ1) is 21.4. The minimum Gasteiger partial charge on any atom is -0.490 e. The molecule has 2 aromatic rings. The molecule has 1 heterocycles. The van der Waals surface area contributed by atoms with Crippen LogP contribution in [0, 0.1) is 0 Å². The first-order valence-electron chi connectivity index (χ1n) is 10.0. The number of amides is 1. The first-order valence-corrected chi connectivity index (χ1v) is 10.4. The van der Waals surface area contributed by atoms with Crippen LogP contribution in [0.4, 0.5) is 0 Å². The zero-order valence-electron chi connectivity index (χ0n) is 16.8. The highest BCUT2D eigenvalue weighted by molar-refractivity contribution is 6.30. The van der Waals surface area contributed by atoms with Gasteiger partial charge in [-0.15, -0.1) is 0 Å². The van der Waals surface area contributed by atoms with Gasteiger partial charge in [0.1, 0.15) is 6.04 Å². The Morgan fingerprint density at radius 3 is 2.52 bits per heavy atom. The quantitative estimate of drug-likeness (QED) is 0.583. The molecule has 156 valence electrons. The monoisotopic (exact) mass is 417 g/mol. The Labute approximate surface area is 176 Å². The Hall–Kier alpha value is -2.28. The minimum atomic E-state index is -0.269. The molecule has 7 heteroatoms. The van der Waals surface area contributed by atoms with E-state index in [4.69, 9.17) is 21.1 Å². The second kappa shape index (κ2) is 10.5. The van der Waals surface area contributed by atoms with Gasteiger partial charge in [-0.3, -0.25) is 4.79 Å². The molecule has 2 aromatic carbocycles. The molecule has 0 spiro atoms. The summed E-state index contributed by atoms with van der Waals surface area (Å²) in [7, 11) is 0. The molecule has 0 aliphatic carbocycles. The molecule has 3 rings (SSSR count). The second-order valence-corrected chi connectivity index (χ2v) is 7.31. The number of halogens is 1. The van der Waals surface area contributed by atoms with Gasteiger partial charge in [0.15, 0.2) is 11.5 Å². The fourth-order valence-corrected chi connectivity index (χ4v) is 3.47. The number of hydrogen-bond donors (Lipinski definition) is 3. The zero-order chi connectivity index (χ0) is 20.6. The van der Waals surface area contributed by atoms with E-state index in [2.05, 4.69) is 16.2 Å². The fourth-order valence-electron chi connectivity index (χ4n) is 3.35. The molecule has 1 saturated heterocycles. The lowest BCUT2D eigenvalue weighted by molar-refractivity contribution is -0.122. The van der Waals surface area contributed by atoms with E-state index in [9.17, 15) is 4.79 Å². The van der Waals surface area contributed by atoms with E-state index >= 15 is 0 Å². The highest BCUT2D eigenvalue weighted by atomic mass is 35.5. The van der Waals surface area contributed by atoms with Crippen LogP contribution >= 0.6 is 11.6 Å². The maximum atomic E-state index is 12.5. The molecule has 0 radical (unpaired) electrons. The van der Waals surface area contributed by atoms with Crippen molar-refractivity contribution in [3.05, 3.63) is 58.6 Å². The van der Waals surface area contributed by atoms with Gasteiger partial charge < -0.3 is 14.8 Å². The average molecular weight is 418 g/mol. The number of rotatable bonds is 9. The van der Waals surface area contributed by atoms with Crippen LogP contribution in [0.5, 0.6) is 11.5 Å². The van der Waals surface area contributed by atoms with Crippen LogP contribution in [0.25, 0.3) is 0 Å². The van der Waals surface area contributed by atoms with E-state index < -0.39 is 0 Å². The normalized spacial score (nSPS) is 18.4. The predicted molar refractivity (Wildman–Crippen MR) is 114 cm³/mol. The third kappa shape index (κ3) is 5.85. The van der Waals surface area contributed by atoms with E-state index in [1.54, 1.807) is 0 Å². The van der Waals surface area contributed by atoms with Crippen molar-refractivity contribution in [1.29, 1.82) is 0 Å². The van der Waals surface area contributed by atoms with E-state index in [1.165, 1.54) is 0 Å². The summed E-state index contributed by atoms with van der Waals surface area (Å²) in [6, 6.07) is 13.4. The van der Waals surface area contributed by atoms with E-state index in [-0.39, 0.29) is 18.0 Å². The van der Waals surface area contributed by atoms with Gasteiger partial charge >= 0.3 is 0 Å². The van der Waals surface area contributed by atoms with Gasteiger partial charge in [-0.1, -0.05) is 29.8 Å². The Bertz CT molecular complexity index is 813. The fraction of sp³-hybridized carbons (Fsp3) is 0.409. The first-order chi connectivity index (χ1) is 14.1. The van der Waals surface area contributed by atoms with Crippen LogP contribution in [0.2, 0.25) is 5.02 Å². The maximum absolute atomic E-state index is 12.5. The Kier molecular flexibility index (Phi) is 7.75. The SMILES string of the molecule is CCOc1ccc(CCNC(=O)C2CC(c3ccc(Cl)cc3)NN2)cc1OCC. The van der Waals surface area contributed by atoms with Crippen molar-refractivity contribution in [2.75, 3.05) is 19.8 Å². The number of carbonyl (C=O) groups excluding carboxylic acids is 1. The third-order valence-corrected chi connectivity index (χ3v) is 5.06. The molecule has 1 fully saturated rings. The summed E-state index contributed by atoms with van der Waals surface area (Å²) in [6.07, 6.45) is 1.41. The van der Waals surface area contributed by atoms with Gasteiger partial charge in [-0.2, -0.15) is 0 Å². The van der Waals surface area contributed by atoms with Crippen LogP contribution in [-0.4, -0.2) is 31.7 Å². The summed E-state index contributed by atoms with van der Waals surface area (Å²) in [6.45, 7) is 5.62. The summed E-state index contributed by atoms with van der Waals surface area (Å²) < 4.78 is 11.3. The molecule has 2 atom stereocenters. The van der Waals surface area contributed by atoms with Crippen LogP contribution in [0.3, 0.4) is 0 Å². The van der Waals surface area contributed by atoms with Gasteiger partial charge in [0.05, 0.1) is 13.2 Å². The summed E-state index contributed by atoms with van der Waals surface area (Å²) in [5.41, 5.74) is 8.47. The molecule has 1 aliphatic heterocycles. The van der Waals surface area contributed by atoms with Crippen LogP contribution in [0.1, 0.15) is 37.4 Å². The van der Waals surface area contributed by atoms with Crippen LogP contribution < -0.4 is 25.6 Å². The Morgan fingerprint density at radius 1 is 1.07 bits per heavy atom. The molecule has 1 aliphatic rings. The molecular weight excluding hydrogens is 390 g/mol. The maximum Gasteiger partial charge on any atom is 0.238 e. The molecule has 6 nitrogen and oxygen atoms in total. The topological polar surface area (TPSA) is 71.6 Å². The molecule has 0 aromatic heterocycles. The largest absolute Gasteiger partial charge is 0.490 e. The van der Waals surface area contributed by atoms with Crippen molar-refractivity contribution in [3.8, 4) is 11.5 Å². The Morgan fingerprint density at radius 2 is 1.79 bits per heavy atom. The number of hydrogen-bond acceptors (Lipinski definition) is 5. The van der Waals surface area contributed by atoms with E-state index in [0.717, 1.165) is 29.0 Å². The van der Waals surface area contributed by atoms with Gasteiger partial charge in [-0.25, -0.2) is 10.9 Å². The molecule has 0 saturated carbocycles. The van der Waals surface area contributed by atoms with Gasteiger partial charge in [-0.05, 0) is 62.1 Å². The highest BCUT2D eigenvalue weighted by Gasteiger charge is 2.29. The van der Waals surface area contributed by atoms with Gasteiger partial charge in [0.25, 0.3) is 0 Å². The highest BCUT2D eigenvalue weighted by Crippen LogP contribution is 2.28. The summed E-state index contributed by atoms with van der Waals surface area (Å²) in [4.78, 5) is 12.5. The van der Waals surface area contributed by atoms with Gasteiger partial charge in [0, 0.05) is 17.6 Å². The molecular formula is C22H28ClN3O3. The minimum absolute atomic E-state index is 0.00932. The molecule has 1 amide bonds. The summed E-state index contributed by atoms with van der Waals surface area (Å²) in [5, 5.41) is 3.72. The number of hydrazine groups is 1. The smallest absolute Gasteiger partial charge is 0.238 e. The van der Waals surface area contributed by atoms with Crippen molar-refractivity contribution in [1.82, 2.24) is 16.2 Å². The lowest BCUT2D eigenvalue weighted by Gasteiger charge is -2.13. The van der Waals surface area contributed by atoms with Gasteiger partial charge in [0.2, 0.25) is 5.91 Å². The van der Waals surface area contributed by atoms with Crippen molar-refractivity contribution in [2.24, 2.45) is 0 Å². The zero-order valence-corrected chi connectivity index (χ0v) is 17.6. The van der Waals surface area contributed by atoms with E-state index in [0.29, 0.717) is 31.2 Å². The number of ether oxygens (including phenoxy) is 2.